The van der Waals surface area contributed by atoms with Crippen molar-refractivity contribution in [3.8, 4) is 11.1 Å². The topological polar surface area (TPSA) is 72.5 Å². The van der Waals surface area contributed by atoms with Crippen molar-refractivity contribution in [2.45, 2.75) is 0 Å². The molecule has 0 radical (unpaired) electrons. The number of hydrogen-bond donors (Lipinski definition) is 2. The summed E-state index contributed by atoms with van der Waals surface area (Å²) in [6.45, 7) is 0. The monoisotopic (exact) mass is 247 g/mol. The van der Waals surface area contributed by atoms with Gasteiger partial charge in [-0.1, -0.05) is 17.7 Å². The van der Waals surface area contributed by atoms with Crippen LogP contribution in [0.5, 0.6) is 0 Å². The lowest BCUT2D eigenvalue weighted by Gasteiger charge is -2.00. The van der Waals surface area contributed by atoms with E-state index >= 15 is 0 Å². The van der Waals surface area contributed by atoms with Gasteiger partial charge in [-0.2, -0.15) is 10.2 Å². The highest BCUT2D eigenvalue weighted by atomic mass is 35.5. The van der Waals surface area contributed by atoms with Gasteiger partial charge in [0.1, 0.15) is 11.0 Å². The molecule has 0 saturated carbocycles. The van der Waals surface area contributed by atoms with E-state index in [4.69, 9.17) is 17.3 Å². The van der Waals surface area contributed by atoms with Crippen molar-refractivity contribution in [1.29, 1.82) is 0 Å². The van der Waals surface area contributed by atoms with Crippen LogP contribution in [0.4, 0.5) is 5.82 Å². The second-order valence-corrected chi connectivity index (χ2v) is 4.21. The number of anilines is 1. The van der Waals surface area contributed by atoms with E-state index in [0.29, 0.717) is 11.0 Å². The molecule has 0 unspecified atom stereocenters. The van der Waals surface area contributed by atoms with Crippen molar-refractivity contribution in [2.75, 3.05) is 5.73 Å². The van der Waals surface area contributed by atoms with Gasteiger partial charge in [0, 0.05) is 18.0 Å². The summed E-state index contributed by atoms with van der Waals surface area (Å²) in [5.74, 6) is 0.629. The van der Waals surface area contributed by atoms with Crippen LogP contribution in [-0.2, 0) is 7.05 Å². The van der Waals surface area contributed by atoms with Gasteiger partial charge in [0.25, 0.3) is 0 Å². The van der Waals surface area contributed by atoms with Crippen LogP contribution in [0.15, 0.2) is 24.4 Å². The molecule has 3 aromatic rings. The lowest BCUT2D eigenvalue weighted by Crippen LogP contribution is -1.97. The van der Waals surface area contributed by atoms with E-state index in [1.54, 1.807) is 10.9 Å². The quantitative estimate of drug-likeness (QED) is 0.692. The van der Waals surface area contributed by atoms with E-state index < -0.39 is 0 Å². The molecule has 0 saturated heterocycles. The van der Waals surface area contributed by atoms with Crippen LogP contribution >= 0.6 is 11.6 Å². The number of benzene rings is 1. The maximum atomic E-state index is 6.01. The first-order valence-electron chi connectivity index (χ1n) is 5.08. The molecule has 0 bridgehead atoms. The van der Waals surface area contributed by atoms with Crippen molar-refractivity contribution >= 4 is 28.3 Å². The van der Waals surface area contributed by atoms with E-state index in [1.165, 1.54) is 0 Å². The number of halogens is 1. The highest BCUT2D eigenvalue weighted by Crippen LogP contribution is 2.30. The highest BCUT2D eigenvalue weighted by molar-refractivity contribution is 6.34. The van der Waals surface area contributed by atoms with Crippen molar-refractivity contribution in [3.05, 3.63) is 29.5 Å². The Morgan fingerprint density at radius 2 is 2.24 bits per heavy atom. The molecule has 2 heterocycles. The molecule has 6 heteroatoms. The van der Waals surface area contributed by atoms with Crippen LogP contribution in [0.1, 0.15) is 0 Å². The Morgan fingerprint density at radius 3 is 2.94 bits per heavy atom. The molecule has 0 amide bonds. The number of nitrogens with zero attached hydrogens (tertiary/aromatic N) is 3. The predicted octanol–water partition coefficient (Wildman–Crippen LogP) is 2.20. The Balaban J connectivity index is 2.24. The lowest BCUT2D eigenvalue weighted by molar-refractivity contribution is 0.779. The summed E-state index contributed by atoms with van der Waals surface area (Å²) < 4.78 is 1.64. The van der Waals surface area contributed by atoms with Gasteiger partial charge in [-0.05, 0) is 17.7 Å². The maximum absolute atomic E-state index is 6.01. The van der Waals surface area contributed by atoms with Crippen LogP contribution < -0.4 is 5.73 Å². The number of H-pyrrole nitrogens is 1. The molecule has 0 aliphatic heterocycles. The van der Waals surface area contributed by atoms with E-state index in [-0.39, 0.29) is 0 Å². The smallest absolute Gasteiger partial charge is 0.132 e. The number of nitrogens with two attached hydrogens (primary N) is 1. The highest BCUT2D eigenvalue weighted by Gasteiger charge is 2.10. The summed E-state index contributed by atoms with van der Waals surface area (Å²) >= 11 is 6.01. The molecule has 3 rings (SSSR count). The fraction of sp³-hybridized carbons (Fsp3) is 0.0909. The molecule has 0 aliphatic carbocycles. The zero-order chi connectivity index (χ0) is 12.0. The number of nitrogens with one attached hydrogen (secondary N) is 1. The van der Waals surface area contributed by atoms with Crippen molar-refractivity contribution in [1.82, 2.24) is 20.0 Å². The Labute approximate surface area is 102 Å². The first-order chi connectivity index (χ1) is 8.16. The van der Waals surface area contributed by atoms with Gasteiger partial charge in [-0.15, -0.1) is 0 Å². The van der Waals surface area contributed by atoms with Crippen LogP contribution in [0, 0.1) is 0 Å². The Hall–Kier alpha value is -2.01. The minimum absolute atomic E-state index is 0.532. The first-order valence-corrected chi connectivity index (χ1v) is 5.46. The molecule has 3 N–H and O–H groups in total. The third kappa shape index (κ3) is 1.47. The fourth-order valence-corrected chi connectivity index (χ4v) is 2.01. The number of nitrogen functional groups attached to an aromatic ring is 1. The number of aromatic amines is 1. The van der Waals surface area contributed by atoms with E-state index in [0.717, 1.165) is 22.0 Å². The van der Waals surface area contributed by atoms with Gasteiger partial charge < -0.3 is 5.73 Å². The first kappa shape index (κ1) is 10.2. The van der Waals surface area contributed by atoms with Crippen LogP contribution in [0.25, 0.3) is 22.0 Å². The lowest BCUT2D eigenvalue weighted by atomic mass is 10.1. The molecule has 0 atom stereocenters. The van der Waals surface area contributed by atoms with Crippen molar-refractivity contribution < 1.29 is 0 Å². The van der Waals surface area contributed by atoms with Gasteiger partial charge in [-0.25, -0.2) is 0 Å². The summed E-state index contributed by atoms with van der Waals surface area (Å²) in [5, 5.41) is 12.3. The summed E-state index contributed by atoms with van der Waals surface area (Å²) in [4.78, 5) is 0. The molecule has 0 fully saturated rings. The van der Waals surface area contributed by atoms with Crippen LogP contribution in [0.2, 0.25) is 5.15 Å². The number of rotatable bonds is 1. The van der Waals surface area contributed by atoms with E-state index in [2.05, 4.69) is 15.3 Å². The van der Waals surface area contributed by atoms with Gasteiger partial charge >= 0.3 is 0 Å². The summed E-state index contributed by atoms with van der Waals surface area (Å²) in [6, 6.07) is 5.81. The van der Waals surface area contributed by atoms with E-state index in [9.17, 15) is 0 Å². The average molecular weight is 248 g/mol. The molecule has 2 aromatic heterocycles. The maximum Gasteiger partial charge on any atom is 0.132 e. The largest absolute Gasteiger partial charge is 0.383 e. The number of aromatic nitrogens is 4. The Bertz CT molecular complexity index is 697. The SMILES string of the molecule is Cn1ncc(-c2ccc3n[nH]c(Cl)c3c2)c1N. The molecule has 86 valence electrons. The third-order valence-electron chi connectivity index (χ3n) is 2.80. The number of hydrogen-bond acceptors (Lipinski definition) is 3. The minimum Gasteiger partial charge on any atom is -0.383 e. The van der Waals surface area contributed by atoms with Gasteiger partial charge in [0.05, 0.1) is 11.7 Å². The zero-order valence-corrected chi connectivity index (χ0v) is 9.86. The van der Waals surface area contributed by atoms with Gasteiger partial charge in [0.2, 0.25) is 0 Å². The Kier molecular flexibility index (Phi) is 2.09. The Morgan fingerprint density at radius 1 is 1.41 bits per heavy atom. The molecular weight excluding hydrogens is 238 g/mol. The second-order valence-electron chi connectivity index (χ2n) is 3.84. The van der Waals surface area contributed by atoms with Gasteiger partial charge in [0.15, 0.2) is 0 Å². The van der Waals surface area contributed by atoms with Crippen LogP contribution in [0.3, 0.4) is 0 Å². The summed E-state index contributed by atoms with van der Waals surface area (Å²) in [6.07, 6.45) is 1.74. The molecule has 0 spiro atoms. The predicted molar refractivity (Wildman–Crippen MR) is 67.7 cm³/mol. The molecular formula is C11H10ClN5. The normalized spacial score (nSPS) is 11.2. The third-order valence-corrected chi connectivity index (χ3v) is 3.09. The van der Waals surface area contributed by atoms with E-state index in [1.807, 2.05) is 25.2 Å². The number of aryl methyl sites for hydroxylation is 1. The standard InChI is InChI=1S/C11H10ClN5/c1-17-11(13)8(5-14-17)6-2-3-9-7(4-6)10(12)16-15-9/h2-5H,13H2,1H3,(H,15,16). The molecule has 5 nitrogen and oxygen atoms in total. The van der Waals surface area contributed by atoms with Crippen molar-refractivity contribution in [2.24, 2.45) is 7.05 Å². The second kappa shape index (κ2) is 3.49. The molecule has 0 aliphatic rings. The van der Waals surface area contributed by atoms with Crippen LogP contribution in [-0.4, -0.2) is 20.0 Å². The van der Waals surface area contributed by atoms with Gasteiger partial charge in [-0.3, -0.25) is 9.78 Å². The summed E-state index contributed by atoms with van der Waals surface area (Å²) in [7, 11) is 1.81. The number of fused-ring (bicyclic) bond motifs is 1. The zero-order valence-electron chi connectivity index (χ0n) is 9.11. The minimum atomic E-state index is 0.532. The molecule has 1 aromatic carbocycles. The van der Waals surface area contributed by atoms with Crippen molar-refractivity contribution in [3.63, 3.8) is 0 Å². The average Bonchev–Trinajstić information content (AvgIpc) is 2.85. The fourth-order valence-electron chi connectivity index (χ4n) is 1.82. The summed E-state index contributed by atoms with van der Waals surface area (Å²) in [5.41, 5.74) is 8.64. The molecule has 17 heavy (non-hydrogen) atoms.